The Labute approximate surface area is 144 Å². The van der Waals surface area contributed by atoms with Crippen LogP contribution < -0.4 is 10.6 Å². The van der Waals surface area contributed by atoms with Crippen molar-refractivity contribution in [3.05, 3.63) is 45.2 Å². The molecular weight excluding hydrogens is 352 g/mol. The lowest BCUT2D eigenvalue weighted by molar-refractivity contribution is -0.115. The summed E-state index contributed by atoms with van der Waals surface area (Å²) in [5, 5.41) is 10.3. The van der Waals surface area contributed by atoms with Crippen molar-refractivity contribution < 1.29 is 9.59 Å². The van der Waals surface area contributed by atoms with Gasteiger partial charge in [-0.3, -0.25) is 14.9 Å². The minimum absolute atomic E-state index is 0.155. The number of carbonyl (C=O) groups is 2. The SMILES string of the molecule is Cc1cc(NC(=O)Cc2csc(NC(=O)c3cccs3)n2)sn1. The number of hydrogen-bond donors (Lipinski definition) is 2. The van der Waals surface area contributed by atoms with Crippen molar-refractivity contribution in [3.8, 4) is 0 Å². The first-order chi connectivity index (χ1) is 11.1. The molecule has 0 fully saturated rings. The Hall–Kier alpha value is -2.10. The zero-order chi connectivity index (χ0) is 16.2. The molecule has 0 spiro atoms. The van der Waals surface area contributed by atoms with Gasteiger partial charge in [0.2, 0.25) is 5.91 Å². The zero-order valence-corrected chi connectivity index (χ0v) is 14.5. The molecule has 0 aliphatic rings. The Bertz CT molecular complexity index is 823. The van der Waals surface area contributed by atoms with Crippen LogP contribution in [0.2, 0.25) is 0 Å². The van der Waals surface area contributed by atoms with Crippen molar-refractivity contribution >= 4 is 56.2 Å². The van der Waals surface area contributed by atoms with Gasteiger partial charge in [-0.15, -0.1) is 22.7 Å². The summed E-state index contributed by atoms with van der Waals surface area (Å²) in [6.07, 6.45) is 0.155. The first-order valence-electron chi connectivity index (χ1n) is 6.62. The molecule has 0 saturated carbocycles. The molecule has 2 amide bonds. The van der Waals surface area contributed by atoms with E-state index in [1.165, 1.54) is 34.2 Å². The molecule has 23 heavy (non-hydrogen) atoms. The monoisotopic (exact) mass is 364 g/mol. The Kier molecular flexibility index (Phi) is 4.79. The molecule has 6 nitrogen and oxygen atoms in total. The summed E-state index contributed by atoms with van der Waals surface area (Å²) in [7, 11) is 0. The lowest BCUT2D eigenvalue weighted by Gasteiger charge is -2.00. The topological polar surface area (TPSA) is 84.0 Å². The summed E-state index contributed by atoms with van der Waals surface area (Å²) < 4.78 is 4.10. The highest BCUT2D eigenvalue weighted by molar-refractivity contribution is 7.14. The maximum absolute atomic E-state index is 12.0. The van der Waals surface area contributed by atoms with E-state index < -0.39 is 0 Å². The molecule has 0 bridgehead atoms. The average Bonchev–Trinajstić information content (AvgIpc) is 3.21. The van der Waals surface area contributed by atoms with Crippen molar-refractivity contribution in [1.82, 2.24) is 9.36 Å². The standard InChI is InChI=1S/C14H12N4O2S3/c1-8-5-12(23-18-8)16-11(19)6-9-7-22-14(15-9)17-13(20)10-3-2-4-21-10/h2-5,7H,6H2,1H3,(H,16,19)(H,15,17,20). The van der Waals surface area contributed by atoms with Crippen molar-refractivity contribution in [2.45, 2.75) is 13.3 Å². The summed E-state index contributed by atoms with van der Waals surface area (Å²) in [6.45, 7) is 1.87. The van der Waals surface area contributed by atoms with E-state index in [9.17, 15) is 9.59 Å². The highest BCUT2D eigenvalue weighted by Crippen LogP contribution is 2.19. The Morgan fingerprint density at radius 1 is 1.26 bits per heavy atom. The fraction of sp³-hybridized carbons (Fsp3) is 0.143. The van der Waals surface area contributed by atoms with Crippen LogP contribution in [0.3, 0.4) is 0 Å². The highest BCUT2D eigenvalue weighted by Gasteiger charge is 2.12. The molecule has 3 aromatic heterocycles. The van der Waals surface area contributed by atoms with Gasteiger partial charge >= 0.3 is 0 Å². The molecule has 0 saturated heterocycles. The normalized spacial score (nSPS) is 10.5. The molecule has 0 aliphatic heterocycles. The van der Waals surface area contributed by atoms with E-state index in [1.54, 1.807) is 11.4 Å². The third kappa shape index (κ3) is 4.21. The van der Waals surface area contributed by atoms with E-state index in [1.807, 2.05) is 24.4 Å². The minimum atomic E-state index is -0.189. The van der Waals surface area contributed by atoms with Gasteiger partial charge < -0.3 is 5.32 Å². The summed E-state index contributed by atoms with van der Waals surface area (Å²) >= 11 is 3.91. The third-order valence-electron chi connectivity index (χ3n) is 2.75. The predicted molar refractivity (Wildman–Crippen MR) is 93.6 cm³/mol. The lowest BCUT2D eigenvalue weighted by atomic mass is 10.3. The molecule has 3 aromatic rings. The molecule has 0 atom stereocenters. The Morgan fingerprint density at radius 2 is 2.13 bits per heavy atom. The number of hydrogen-bond acceptors (Lipinski definition) is 7. The highest BCUT2D eigenvalue weighted by atomic mass is 32.1. The number of nitrogens with one attached hydrogen (secondary N) is 2. The third-order valence-corrected chi connectivity index (χ3v) is 5.22. The number of amides is 2. The Morgan fingerprint density at radius 3 is 2.83 bits per heavy atom. The fourth-order valence-corrected chi connectivity index (χ4v) is 3.78. The summed E-state index contributed by atoms with van der Waals surface area (Å²) in [4.78, 5) is 28.8. The zero-order valence-electron chi connectivity index (χ0n) is 12.0. The molecule has 3 heterocycles. The number of aryl methyl sites for hydroxylation is 1. The van der Waals surface area contributed by atoms with Crippen LogP contribution >= 0.6 is 34.2 Å². The van der Waals surface area contributed by atoms with Gasteiger partial charge in [0, 0.05) is 5.38 Å². The maximum atomic E-state index is 12.0. The molecular formula is C14H12N4O2S3. The molecule has 0 aromatic carbocycles. The average molecular weight is 364 g/mol. The number of nitrogens with zero attached hydrogens (tertiary/aromatic N) is 2. The van der Waals surface area contributed by atoms with Gasteiger partial charge in [-0.1, -0.05) is 6.07 Å². The van der Waals surface area contributed by atoms with E-state index in [4.69, 9.17) is 0 Å². The number of thiazole rings is 1. The second-order valence-corrected chi connectivity index (χ2v) is 7.24. The largest absolute Gasteiger partial charge is 0.316 e. The van der Waals surface area contributed by atoms with E-state index in [2.05, 4.69) is 20.0 Å². The second kappa shape index (κ2) is 6.99. The smallest absolute Gasteiger partial charge is 0.267 e. The quantitative estimate of drug-likeness (QED) is 0.727. The van der Waals surface area contributed by atoms with Crippen molar-refractivity contribution in [2.75, 3.05) is 10.6 Å². The molecule has 3 rings (SSSR count). The molecule has 118 valence electrons. The number of anilines is 2. The van der Waals surface area contributed by atoms with E-state index in [0.29, 0.717) is 20.7 Å². The van der Waals surface area contributed by atoms with Gasteiger partial charge in [0.25, 0.3) is 5.91 Å². The number of carbonyl (C=O) groups excluding carboxylic acids is 2. The number of aromatic nitrogens is 2. The van der Waals surface area contributed by atoms with Crippen LogP contribution in [-0.2, 0) is 11.2 Å². The van der Waals surface area contributed by atoms with Crippen LogP contribution in [0, 0.1) is 6.92 Å². The van der Waals surface area contributed by atoms with Crippen LogP contribution in [0.5, 0.6) is 0 Å². The number of rotatable bonds is 5. The van der Waals surface area contributed by atoms with Crippen molar-refractivity contribution in [2.24, 2.45) is 0 Å². The van der Waals surface area contributed by atoms with E-state index in [-0.39, 0.29) is 18.2 Å². The molecule has 9 heteroatoms. The van der Waals surface area contributed by atoms with Gasteiger partial charge in [0.15, 0.2) is 5.13 Å². The minimum Gasteiger partial charge on any atom is -0.316 e. The molecule has 0 aliphatic carbocycles. The van der Waals surface area contributed by atoms with Crippen LogP contribution in [-0.4, -0.2) is 21.2 Å². The molecule has 0 unspecified atom stereocenters. The summed E-state index contributed by atoms with van der Waals surface area (Å²) in [5.74, 6) is -0.347. The van der Waals surface area contributed by atoms with E-state index in [0.717, 1.165) is 5.69 Å². The fourth-order valence-electron chi connectivity index (χ4n) is 1.78. The van der Waals surface area contributed by atoms with Gasteiger partial charge in [-0.05, 0) is 36.0 Å². The first kappa shape index (κ1) is 15.8. The van der Waals surface area contributed by atoms with Gasteiger partial charge in [0.05, 0.1) is 22.7 Å². The first-order valence-corrected chi connectivity index (χ1v) is 9.16. The van der Waals surface area contributed by atoms with Gasteiger partial charge in [0.1, 0.15) is 5.00 Å². The van der Waals surface area contributed by atoms with E-state index >= 15 is 0 Å². The molecule has 0 radical (unpaired) electrons. The maximum Gasteiger partial charge on any atom is 0.267 e. The summed E-state index contributed by atoms with van der Waals surface area (Å²) in [6, 6.07) is 5.38. The second-order valence-electron chi connectivity index (χ2n) is 4.63. The van der Waals surface area contributed by atoms with Gasteiger partial charge in [-0.2, -0.15) is 4.37 Å². The van der Waals surface area contributed by atoms with Crippen LogP contribution in [0.15, 0.2) is 29.0 Å². The van der Waals surface area contributed by atoms with Crippen LogP contribution in [0.4, 0.5) is 10.1 Å². The summed E-state index contributed by atoms with van der Waals surface area (Å²) in [5.41, 5.74) is 1.49. The van der Waals surface area contributed by atoms with Crippen LogP contribution in [0.1, 0.15) is 21.1 Å². The van der Waals surface area contributed by atoms with Crippen LogP contribution in [0.25, 0.3) is 0 Å². The van der Waals surface area contributed by atoms with Crippen molar-refractivity contribution in [3.63, 3.8) is 0 Å². The molecule has 2 N–H and O–H groups in total. The predicted octanol–water partition coefficient (Wildman–Crippen LogP) is 3.40. The Balaban J connectivity index is 1.56. The lowest BCUT2D eigenvalue weighted by Crippen LogP contribution is -2.14. The number of thiophene rings is 1. The van der Waals surface area contributed by atoms with Gasteiger partial charge in [-0.25, -0.2) is 4.98 Å². The van der Waals surface area contributed by atoms with Crippen molar-refractivity contribution in [1.29, 1.82) is 0 Å².